The van der Waals surface area contributed by atoms with E-state index in [1.54, 1.807) is 4.68 Å². The van der Waals surface area contributed by atoms with Crippen molar-refractivity contribution >= 4 is 5.95 Å². The predicted molar refractivity (Wildman–Crippen MR) is 46.7 cm³/mol. The molecule has 0 unspecified atom stereocenters. The van der Waals surface area contributed by atoms with Gasteiger partial charge in [0.1, 0.15) is 0 Å². The van der Waals surface area contributed by atoms with Gasteiger partial charge < -0.3 is 5.32 Å². The molecule has 1 N–H and O–H groups in total. The number of aryl methyl sites for hydroxylation is 1. The summed E-state index contributed by atoms with van der Waals surface area (Å²) >= 11 is 0. The van der Waals surface area contributed by atoms with Gasteiger partial charge >= 0.3 is 0 Å². The second kappa shape index (κ2) is 4.04. The van der Waals surface area contributed by atoms with Gasteiger partial charge in [0, 0.05) is 13.6 Å². The van der Waals surface area contributed by atoms with Gasteiger partial charge in [-0.2, -0.15) is 0 Å². The molecule has 0 aromatic carbocycles. The maximum Gasteiger partial charge on any atom is 0.242 e. The van der Waals surface area contributed by atoms with Crippen molar-refractivity contribution in [1.29, 1.82) is 0 Å². The van der Waals surface area contributed by atoms with E-state index in [0.29, 0.717) is 5.92 Å². The molecule has 0 amide bonds. The fourth-order valence-electron chi connectivity index (χ4n) is 0.852. The molecule has 68 valence electrons. The second-order valence-electron chi connectivity index (χ2n) is 3.24. The molecule has 0 aliphatic rings. The van der Waals surface area contributed by atoms with Gasteiger partial charge in [0.05, 0.1) is 0 Å². The molecule has 1 aromatic heterocycles. The van der Waals surface area contributed by atoms with Crippen molar-refractivity contribution < 1.29 is 0 Å². The molecule has 0 bridgehead atoms. The molecular formula is C7H15N5. The normalized spacial score (nSPS) is 10.7. The van der Waals surface area contributed by atoms with Gasteiger partial charge in [-0.1, -0.05) is 18.9 Å². The van der Waals surface area contributed by atoms with Crippen LogP contribution in [0.4, 0.5) is 5.95 Å². The van der Waals surface area contributed by atoms with Gasteiger partial charge in [-0.25, -0.2) is 4.68 Å². The van der Waals surface area contributed by atoms with Crippen molar-refractivity contribution in [2.24, 2.45) is 13.0 Å². The number of hydrogen-bond acceptors (Lipinski definition) is 4. The molecule has 0 fully saturated rings. The van der Waals surface area contributed by atoms with E-state index in [-0.39, 0.29) is 0 Å². The van der Waals surface area contributed by atoms with Crippen LogP contribution in [0.1, 0.15) is 20.3 Å². The first-order valence-electron chi connectivity index (χ1n) is 4.16. The van der Waals surface area contributed by atoms with Gasteiger partial charge in [0.15, 0.2) is 0 Å². The highest BCUT2D eigenvalue weighted by molar-refractivity contribution is 5.20. The van der Waals surface area contributed by atoms with Crippen LogP contribution in [0.5, 0.6) is 0 Å². The molecule has 1 heterocycles. The molecule has 1 aromatic rings. The number of aromatic nitrogens is 4. The largest absolute Gasteiger partial charge is 0.353 e. The molecule has 0 aliphatic carbocycles. The third-order valence-corrected chi connectivity index (χ3v) is 1.62. The van der Waals surface area contributed by atoms with Crippen LogP contribution in [-0.4, -0.2) is 26.8 Å². The molecule has 5 nitrogen and oxygen atoms in total. The summed E-state index contributed by atoms with van der Waals surface area (Å²) in [6.07, 6.45) is 1.13. The molecule has 0 radical (unpaired) electrons. The zero-order chi connectivity index (χ0) is 8.97. The minimum Gasteiger partial charge on any atom is -0.353 e. The third-order valence-electron chi connectivity index (χ3n) is 1.62. The molecular weight excluding hydrogens is 154 g/mol. The van der Waals surface area contributed by atoms with Crippen LogP contribution >= 0.6 is 0 Å². The number of tetrazole rings is 1. The number of anilines is 1. The zero-order valence-corrected chi connectivity index (χ0v) is 7.78. The van der Waals surface area contributed by atoms with Crippen LogP contribution in [0.2, 0.25) is 0 Å². The van der Waals surface area contributed by atoms with Crippen LogP contribution in [-0.2, 0) is 7.05 Å². The molecule has 5 heteroatoms. The average molecular weight is 169 g/mol. The van der Waals surface area contributed by atoms with E-state index in [1.165, 1.54) is 0 Å². The minimum atomic E-state index is 0.707. The standard InChI is InChI=1S/C7H15N5/c1-6(2)4-5-8-7-9-10-11-12(7)3/h6H,4-5H2,1-3H3,(H,8,9,11). The van der Waals surface area contributed by atoms with E-state index in [1.807, 2.05) is 7.05 Å². The van der Waals surface area contributed by atoms with E-state index < -0.39 is 0 Å². The first kappa shape index (κ1) is 8.96. The number of rotatable bonds is 4. The Balaban J connectivity index is 2.29. The quantitative estimate of drug-likeness (QED) is 0.719. The molecule has 0 saturated carbocycles. The van der Waals surface area contributed by atoms with Crippen molar-refractivity contribution in [2.45, 2.75) is 20.3 Å². The van der Waals surface area contributed by atoms with E-state index in [4.69, 9.17) is 0 Å². The summed E-state index contributed by atoms with van der Waals surface area (Å²) in [4.78, 5) is 0. The fraction of sp³-hybridized carbons (Fsp3) is 0.857. The lowest BCUT2D eigenvalue weighted by Crippen LogP contribution is -2.09. The van der Waals surface area contributed by atoms with E-state index >= 15 is 0 Å². The van der Waals surface area contributed by atoms with Crippen molar-refractivity contribution in [3.05, 3.63) is 0 Å². The number of nitrogens with zero attached hydrogens (tertiary/aromatic N) is 4. The summed E-state index contributed by atoms with van der Waals surface area (Å²) in [5.41, 5.74) is 0. The van der Waals surface area contributed by atoms with Gasteiger partial charge in [0.2, 0.25) is 5.95 Å². The van der Waals surface area contributed by atoms with Crippen molar-refractivity contribution in [3.63, 3.8) is 0 Å². The topological polar surface area (TPSA) is 55.6 Å². The van der Waals surface area contributed by atoms with Crippen molar-refractivity contribution in [2.75, 3.05) is 11.9 Å². The Morgan fingerprint density at radius 1 is 1.50 bits per heavy atom. The van der Waals surface area contributed by atoms with E-state index in [2.05, 4.69) is 34.7 Å². The van der Waals surface area contributed by atoms with E-state index in [9.17, 15) is 0 Å². The summed E-state index contributed by atoms with van der Waals surface area (Å²) in [5, 5.41) is 14.2. The Morgan fingerprint density at radius 3 is 2.75 bits per heavy atom. The minimum absolute atomic E-state index is 0.707. The fourth-order valence-corrected chi connectivity index (χ4v) is 0.852. The summed E-state index contributed by atoms with van der Waals surface area (Å²) in [7, 11) is 1.82. The molecule has 0 spiro atoms. The maximum absolute atomic E-state index is 3.80. The van der Waals surface area contributed by atoms with E-state index in [0.717, 1.165) is 18.9 Å². The Bertz CT molecular complexity index is 229. The number of nitrogens with one attached hydrogen (secondary N) is 1. The summed E-state index contributed by atoms with van der Waals surface area (Å²) in [5.74, 6) is 1.44. The summed E-state index contributed by atoms with van der Waals surface area (Å²) in [6, 6.07) is 0. The zero-order valence-electron chi connectivity index (χ0n) is 7.78. The van der Waals surface area contributed by atoms with Crippen molar-refractivity contribution in [1.82, 2.24) is 20.2 Å². The molecule has 0 aliphatic heterocycles. The van der Waals surface area contributed by atoms with Crippen LogP contribution in [0, 0.1) is 5.92 Å². The average Bonchev–Trinajstić information content (AvgIpc) is 2.36. The van der Waals surface area contributed by atoms with Crippen LogP contribution in [0.3, 0.4) is 0 Å². The van der Waals surface area contributed by atoms with Crippen LogP contribution in [0.25, 0.3) is 0 Å². The molecule has 0 saturated heterocycles. The lowest BCUT2D eigenvalue weighted by molar-refractivity contribution is 0.603. The first-order valence-corrected chi connectivity index (χ1v) is 4.16. The van der Waals surface area contributed by atoms with Crippen LogP contribution < -0.4 is 5.32 Å². The lowest BCUT2D eigenvalue weighted by Gasteiger charge is -2.05. The molecule has 12 heavy (non-hydrogen) atoms. The Morgan fingerprint density at radius 2 is 2.25 bits per heavy atom. The smallest absolute Gasteiger partial charge is 0.242 e. The first-order chi connectivity index (χ1) is 5.70. The number of hydrogen-bond donors (Lipinski definition) is 1. The highest BCUT2D eigenvalue weighted by Gasteiger charge is 1.99. The van der Waals surface area contributed by atoms with Gasteiger partial charge in [0.25, 0.3) is 0 Å². The van der Waals surface area contributed by atoms with Gasteiger partial charge in [-0.3, -0.25) is 0 Å². The van der Waals surface area contributed by atoms with Crippen LogP contribution in [0.15, 0.2) is 0 Å². The maximum atomic E-state index is 3.80. The Labute approximate surface area is 72.2 Å². The predicted octanol–water partition coefficient (Wildman–Crippen LogP) is 0.668. The summed E-state index contributed by atoms with van der Waals surface area (Å²) < 4.78 is 1.63. The van der Waals surface area contributed by atoms with Crippen molar-refractivity contribution in [3.8, 4) is 0 Å². The Kier molecular flexibility index (Phi) is 3.01. The lowest BCUT2D eigenvalue weighted by atomic mass is 10.1. The SMILES string of the molecule is CC(C)CCNc1nnnn1C. The summed E-state index contributed by atoms with van der Waals surface area (Å²) in [6.45, 7) is 5.30. The highest BCUT2D eigenvalue weighted by atomic mass is 15.6. The Hall–Kier alpha value is -1.13. The van der Waals surface area contributed by atoms with Gasteiger partial charge in [-0.05, 0) is 22.8 Å². The highest BCUT2D eigenvalue weighted by Crippen LogP contribution is 2.01. The molecule has 0 atom stereocenters. The second-order valence-corrected chi connectivity index (χ2v) is 3.24. The third kappa shape index (κ3) is 2.48. The molecule has 1 rings (SSSR count). The van der Waals surface area contributed by atoms with Gasteiger partial charge in [-0.15, -0.1) is 0 Å². The monoisotopic (exact) mass is 169 g/mol.